The Bertz CT molecular complexity index is 725. The van der Waals surface area contributed by atoms with Crippen LogP contribution in [0.15, 0.2) is 29.0 Å². The second-order valence-corrected chi connectivity index (χ2v) is 7.11. The Labute approximate surface area is 146 Å². The van der Waals surface area contributed by atoms with Crippen molar-refractivity contribution in [2.24, 2.45) is 0 Å². The van der Waals surface area contributed by atoms with Crippen LogP contribution in [0.2, 0.25) is 0 Å². The van der Waals surface area contributed by atoms with E-state index in [9.17, 15) is 4.79 Å². The highest BCUT2D eigenvalue weighted by Gasteiger charge is 2.34. The van der Waals surface area contributed by atoms with Crippen LogP contribution >= 0.6 is 0 Å². The molecule has 0 aromatic carbocycles. The third-order valence-electron chi connectivity index (χ3n) is 3.97. The van der Waals surface area contributed by atoms with Gasteiger partial charge in [-0.05, 0) is 40.0 Å². The van der Waals surface area contributed by atoms with Gasteiger partial charge in [0.1, 0.15) is 11.6 Å². The summed E-state index contributed by atoms with van der Waals surface area (Å²) in [5.41, 5.74) is 0.321. The number of carbonyl (C=O) groups is 1. The van der Waals surface area contributed by atoms with Crippen molar-refractivity contribution in [3.05, 3.63) is 30.4 Å². The van der Waals surface area contributed by atoms with Gasteiger partial charge in [-0.3, -0.25) is 9.88 Å². The third kappa shape index (κ3) is 4.14. The summed E-state index contributed by atoms with van der Waals surface area (Å²) in [5.74, 6) is 1.00. The summed E-state index contributed by atoms with van der Waals surface area (Å²) in [6.07, 6.45) is 3.05. The van der Waals surface area contributed by atoms with Crippen molar-refractivity contribution in [1.29, 1.82) is 0 Å². The number of hydrogen-bond donors (Lipinski definition) is 0. The predicted molar refractivity (Wildman–Crippen MR) is 90.7 cm³/mol. The molecule has 25 heavy (non-hydrogen) atoms. The lowest BCUT2D eigenvalue weighted by molar-refractivity contribution is 0.00409. The van der Waals surface area contributed by atoms with Gasteiger partial charge >= 0.3 is 6.09 Å². The number of carbonyl (C=O) groups excluding carboxylic acids is 1. The van der Waals surface area contributed by atoms with Gasteiger partial charge in [0.05, 0.1) is 0 Å². The van der Waals surface area contributed by atoms with E-state index >= 15 is 0 Å². The summed E-state index contributed by atoms with van der Waals surface area (Å²) in [4.78, 5) is 24.6. The Balaban J connectivity index is 1.75. The Hall–Kier alpha value is -2.48. The maximum Gasteiger partial charge on any atom is 0.410 e. The van der Waals surface area contributed by atoms with E-state index in [-0.39, 0.29) is 12.1 Å². The van der Waals surface area contributed by atoms with Crippen LogP contribution in [-0.4, -0.2) is 63.3 Å². The molecule has 2 aromatic rings. The van der Waals surface area contributed by atoms with Crippen molar-refractivity contribution in [1.82, 2.24) is 24.9 Å². The van der Waals surface area contributed by atoms with E-state index in [2.05, 4.69) is 20.0 Å². The van der Waals surface area contributed by atoms with Crippen LogP contribution in [0.5, 0.6) is 0 Å². The molecule has 0 bridgehead atoms. The number of pyridine rings is 1. The van der Waals surface area contributed by atoms with Gasteiger partial charge in [-0.25, -0.2) is 4.79 Å². The van der Waals surface area contributed by atoms with Crippen molar-refractivity contribution in [3.8, 4) is 11.4 Å². The van der Waals surface area contributed by atoms with Gasteiger partial charge in [0, 0.05) is 37.6 Å². The van der Waals surface area contributed by atoms with E-state index in [1.54, 1.807) is 17.3 Å². The van der Waals surface area contributed by atoms with Gasteiger partial charge in [0.2, 0.25) is 11.7 Å². The van der Waals surface area contributed by atoms with Crippen LogP contribution in [-0.2, 0) is 4.74 Å². The molecule has 2 aromatic heterocycles. The molecule has 8 heteroatoms. The molecule has 0 saturated carbocycles. The number of aromatic nitrogens is 3. The number of likely N-dealkylation sites (N-methyl/N-ethyl adjacent to an activating group) is 1. The number of piperazine rings is 1. The molecule has 1 aliphatic rings. The smallest absolute Gasteiger partial charge is 0.410 e. The number of amides is 1. The molecular formula is C17H23N5O3. The minimum absolute atomic E-state index is 0.163. The molecule has 0 N–H and O–H groups in total. The Morgan fingerprint density at radius 3 is 2.68 bits per heavy atom. The molecular weight excluding hydrogens is 322 g/mol. The SMILES string of the molecule is CN1CCN(C(=O)OC(C)(C)C)CC1c1nc(-c2ccncc2)no1. The summed E-state index contributed by atoms with van der Waals surface area (Å²) >= 11 is 0. The van der Waals surface area contributed by atoms with Gasteiger partial charge in [-0.1, -0.05) is 5.16 Å². The molecule has 134 valence electrons. The summed E-state index contributed by atoms with van der Waals surface area (Å²) in [6, 6.07) is 3.49. The lowest BCUT2D eigenvalue weighted by Gasteiger charge is -2.38. The first kappa shape index (κ1) is 17.3. The first-order chi connectivity index (χ1) is 11.8. The second kappa shape index (κ2) is 6.79. The highest BCUT2D eigenvalue weighted by Crippen LogP contribution is 2.26. The minimum Gasteiger partial charge on any atom is -0.444 e. The quantitative estimate of drug-likeness (QED) is 0.826. The third-order valence-corrected chi connectivity index (χ3v) is 3.97. The molecule has 0 aliphatic carbocycles. The molecule has 1 aliphatic heterocycles. The zero-order chi connectivity index (χ0) is 18.0. The number of hydrogen-bond acceptors (Lipinski definition) is 7. The molecule has 1 saturated heterocycles. The maximum absolute atomic E-state index is 12.3. The molecule has 8 nitrogen and oxygen atoms in total. The van der Waals surface area contributed by atoms with Gasteiger partial charge in [0.15, 0.2) is 0 Å². The van der Waals surface area contributed by atoms with Crippen molar-refractivity contribution in [2.45, 2.75) is 32.4 Å². The first-order valence-electron chi connectivity index (χ1n) is 8.25. The van der Waals surface area contributed by atoms with Crippen LogP contribution < -0.4 is 0 Å². The van der Waals surface area contributed by atoms with Gasteiger partial charge in [-0.2, -0.15) is 4.98 Å². The Morgan fingerprint density at radius 2 is 2.00 bits per heavy atom. The van der Waals surface area contributed by atoms with Crippen LogP contribution in [0.1, 0.15) is 32.7 Å². The van der Waals surface area contributed by atoms with E-state index in [1.165, 1.54) is 0 Å². The Kier molecular flexibility index (Phi) is 4.71. The van der Waals surface area contributed by atoms with Crippen molar-refractivity contribution in [3.63, 3.8) is 0 Å². The lowest BCUT2D eigenvalue weighted by Crippen LogP contribution is -2.50. The summed E-state index contributed by atoms with van der Waals surface area (Å²) in [7, 11) is 1.98. The maximum atomic E-state index is 12.3. The number of ether oxygens (including phenoxy) is 1. The average molecular weight is 345 g/mol. The molecule has 3 rings (SSSR count). The van der Waals surface area contributed by atoms with Crippen LogP contribution in [0.25, 0.3) is 11.4 Å². The highest BCUT2D eigenvalue weighted by molar-refractivity contribution is 5.68. The standard InChI is InChI=1S/C17H23N5O3/c1-17(2,3)24-16(23)22-10-9-21(4)13(11-22)15-19-14(20-25-15)12-5-7-18-8-6-12/h5-8,13H,9-11H2,1-4H3. The van der Waals surface area contributed by atoms with Gasteiger partial charge < -0.3 is 14.2 Å². The highest BCUT2D eigenvalue weighted by atomic mass is 16.6. The summed E-state index contributed by atoms with van der Waals surface area (Å²) in [5, 5.41) is 4.05. The van der Waals surface area contributed by atoms with E-state index in [1.807, 2.05) is 40.0 Å². The summed E-state index contributed by atoms with van der Waals surface area (Å²) in [6.45, 7) is 7.33. The molecule has 1 fully saturated rings. The topological polar surface area (TPSA) is 84.6 Å². The Morgan fingerprint density at radius 1 is 1.28 bits per heavy atom. The second-order valence-electron chi connectivity index (χ2n) is 7.11. The molecule has 1 atom stereocenters. The molecule has 1 unspecified atom stereocenters. The van der Waals surface area contributed by atoms with Crippen LogP contribution in [0, 0.1) is 0 Å². The zero-order valence-corrected chi connectivity index (χ0v) is 15.0. The normalized spacial score (nSPS) is 19.0. The van der Waals surface area contributed by atoms with E-state index < -0.39 is 5.60 Å². The van der Waals surface area contributed by atoms with E-state index in [0.717, 1.165) is 5.56 Å². The van der Waals surface area contributed by atoms with Crippen molar-refractivity contribution >= 4 is 6.09 Å². The molecule has 3 heterocycles. The fourth-order valence-corrected chi connectivity index (χ4v) is 2.62. The zero-order valence-electron chi connectivity index (χ0n) is 15.0. The average Bonchev–Trinajstić information content (AvgIpc) is 3.04. The molecule has 1 amide bonds. The van der Waals surface area contributed by atoms with Gasteiger partial charge in [0.25, 0.3) is 0 Å². The number of nitrogens with zero attached hydrogens (tertiary/aromatic N) is 5. The van der Waals surface area contributed by atoms with Crippen LogP contribution in [0.3, 0.4) is 0 Å². The lowest BCUT2D eigenvalue weighted by atomic mass is 10.1. The van der Waals surface area contributed by atoms with Crippen LogP contribution in [0.4, 0.5) is 4.79 Å². The first-order valence-corrected chi connectivity index (χ1v) is 8.25. The number of rotatable bonds is 2. The monoisotopic (exact) mass is 345 g/mol. The summed E-state index contributed by atoms with van der Waals surface area (Å²) < 4.78 is 10.9. The van der Waals surface area contributed by atoms with Gasteiger partial charge in [-0.15, -0.1) is 0 Å². The fraction of sp³-hybridized carbons (Fsp3) is 0.529. The van der Waals surface area contributed by atoms with E-state index in [4.69, 9.17) is 9.26 Å². The fourth-order valence-electron chi connectivity index (χ4n) is 2.62. The largest absolute Gasteiger partial charge is 0.444 e. The van der Waals surface area contributed by atoms with E-state index in [0.29, 0.717) is 31.3 Å². The molecule has 0 spiro atoms. The molecule has 0 radical (unpaired) electrons. The predicted octanol–water partition coefficient (Wildman–Crippen LogP) is 2.36. The van der Waals surface area contributed by atoms with Crippen molar-refractivity contribution in [2.75, 3.05) is 26.7 Å². The minimum atomic E-state index is -0.519. The van der Waals surface area contributed by atoms with Crippen molar-refractivity contribution < 1.29 is 14.1 Å².